The van der Waals surface area contributed by atoms with Crippen molar-refractivity contribution in [3.63, 3.8) is 0 Å². The largest absolute Gasteiger partial charge is 0.477 e. The SMILES string of the molecule is CC(C)[C@H]1C(=O)N2C(C(=O)O)=C(SCCN)C[C@H]12. The van der Waals surface area contributed by atoms with Gasteiger partial charge in [0.1, 0.15) is 5.70 Å². The maximum absolute atomic E-state index is 12.0. The van der Waals surface area contributed by atoms with Crippen molar-refractivity contribution in [3.05, 3.63) is 10.6 Å². The maximum Gasteiger partial charge on any atom is 0.353 e. The van der Waals surface area contributed by atoms with E-state index in [4.69, 9.17) is 5.73 Å². The predicted octanol–water partition coefficient (Wildman–Crippen LogP) is 0.861. The third kappa shape index (κ3) is 1.93. The highest BCUT2D eigenvalue weighted by Gasteiger charge is 2.55. The topological polar surface area (TPSA) is 83.6 Å². The van der Waals surface area contributed by atoms with E-state index in [1.54, 1.807) is 0 Å². The summed E-state index contributed by atoms with van der Waals surface area (Å²) >= 11 is 1.46. The number of carbonyl (C=O) groups is 2. The molecular formula is C12H18N2O3S. The second kappa shape index (κ2) is 4.93. The molecule has 0 aromatic carbocycles. The third-order valence-electron chi connectivity index (χ3n) is 3.48. The maximum atomic E-state index is 12.0. The summed E-state index contributed by atoms with van der Waals surface area (Å²) in [5.41, 5.74) is 5.63. The Hall–Kier alpha value is -1.01. The average molecular weight is 270 g/mol. The van der Waals surface area contributed by atoms with E-state index in [0.29, 0.717) is 18.7 Å². The van der Waals surface area contributed by atoms with Crippen molar-refractivity contribution in [1.29, 1.82) is 0 Å². The van der Waals surface area contributed by atoms with Gasteiger partial charge in [-0.2, -0.15) is 0 Å². The number of nitrogens with zero attached hydrogens (tertiary/aromatic N) is 1. The Morgan fingerprint density at radius 3 is 2.78 bits per heavy atom. The van der Waals surface area contributed by atoms with Crippen LogP contribution in [0, 0.1) is 11.8 Å². The lowest BCUT2D eigenvalue weighted by Crippen LogP contribution is -2.60. The molecule has 2 aliphatic rings. The number of thioether (sulfide) groups is 1. The number of nitrogens with two attached hydrogens (primary N) is 1. The summed E-state index contributed by atoms with van der Waals surface area (Å²) in [4.78, 5) is 25.6. The lowest BCUT2D eigenvalue weighted by molar-refractivity contribution is -0.157. The molecule has 0 saturated carbocycles. The van der Waals surface area contributed by atoms with Crippen LogP contribution < -0.4 is 5.73 Å². The first kappa shape index (κ1) is 13.4. The van der Waals surface area contributed by atoms with Crippen LogP contribution in [0.5, 0.6) is 0 Å². The first-order chi connectivity index (χ1) is 8.49. The number of fused-ring (bicyclic) bond motifs is 1. The molecule has 100 valence electrons. The van der Waals surface area contributed by atoms with Crippen molar-refractivity contribution in [2.24, 2.45) is 17.6 Å². The van der Waals surface area contributed by atoms with E-state index in [0.717, 1.165) is 4.91 Å². The number of rotatable bonds is 5. The Bertz CT molecular complexity index is 420. The van der Waals surface area contributed by atoms with E-state index in [1.807, 2.05) is 13.8 Å². The van der Waals surface area contributed by atoms with Crippen LogP contribution in [0.2, 0.25) is 0 Å². The Balaban J connectivity index is 2.21. The van der Waals surface area contributed by atoms with Gasteiger partial charge in [-0.15, -0.1) is 11.8 Å². The van der Waals surface area contributed by atoms with Crippen LogP contribution in [0.1, 0.15) is 20.3 Å². The summed E-state index contributed by atoms with van der Waals surface area (Å²) in [7, 11) is 0. The molecule has 18 heavy (non-hydrogen) atoms. The smallest absolute Gasteiger partial charge is 0.353 e. The van der Waals surface area contributed by atoms with Gasteiger partial charge in [-0.05, 0) is 5.92 Å². The molecule has 0 unspecified atom stereocenters. The van der Waals surface area contributed by atoms with Gasteiger partial charge in [-0.1, -0.05) is 13.8 Å². The van der Waals surface area contributed by atoms with Gasteiger partial charge in [0.25, 0.3) is 0 Å². The molecule has 2 rings (SSSR count). The van der Waals surface area contributed by atoms with Crippen molar-refractivity contribution in [2.45, 2.75) is 26.3 Å². The molecule has 3 N–H and O–H groups in total. The van der Waals surface area contributed by atoms with Crippen molar-refractivity contribution in [3.8, 4) is 0 Å². The minimum Gasteiger partial charge on any atom is -0.477 e. The summed E-state index contributed by atoms with van der Waals surface area (Å²) in [6, 6.07) is 0.0453. The number of amides is 1. The van der Waals surface area contributed by atoms with E-state index in [1.165, 1.54) is 16.7 Å². The molecule has 0 bridgehead atoms. The lowest BCUT2D eigenvalue weighted by atomic mass is 9.79. The highest BCUT2D eigenvalue weighted by Crippen LogP contribution is 2.47. The van der Waals surface area contributed by atoms with Crippen molar-refractivity contribution < 1.29 is 14.7 Å². The monoisotopic (exact) mass is 270 g/mol. The van der Waals surface area contributed by atoms with Gasteiger partial charge in [0.2, 0.25) is 5.91 Å². The molecule has 1 saturated heterocycles. The summed E-state index contributed by atoms with van der Waals surface area (Å²) in [6.07, 6.45) is 0.668. The number of carbonyl (C=O) groups excluding carboxylic acids is 1. The second-order valence-electron chi connectivity index (χ2n) is 4.96. The second-order valence-corrected chi connectivity index (χ2v) is 6.15. The highest BCUT2D eigenvalue weighted by molar-refractivity contribution is 8.03. The predicted molar refractivity (Wildman–Crippen MR) is 69.8 cm³/mol. The minimum atomic E-state index is -1.01. The summed E-state index contributed by atoms with van der Waals surface area (Å²) in [5.74, 6) is -0.140. The molecule has 0 aromatic heterocycles. The molecular weight excluding hydrogens is 252 g/mol. The van der Waals surface area contributed by atoms with Gasteiger partial charge in [-0.3, -0.25) is 4.79 Å². The molecule has 5 nitrogen and oxygen atoms in total. The molecule has 2 heterocycles. The highest BCUT2D eigenvalue weighted by atomic mass is 32.2. The van der Waals surface area contributed by atoms with Gasteiger partial charge in [0, 0.05) is 23.6 Å². The molecule has 2 aliphatic heterocycles. The molecule has 0 aromatic rings. The Morgan fingerprint density at radius 1 is 1.61 bits per heavy atom. The van der Waals surface area contributed by atoms with Gasteiger partial charge in [0.15, 0.2) is 0 Å². The fourth-order valence-electron chi connectivity index (χ4n) is 2.74. The van der Waals surface area contributed by atoms with Crippen molar-refractivity contribution in [2.75, 3.05) is 12.3 Å². The van der Waals surface area contributed by atoms with Crippen LogP contribution in [-0.2, 0) is 9.59 Å². The van der Waals surface area contributed by atoms with Gasteiger partial charge < -0.3 is 15.7 Å². The van der Waals surface area contributed by atoms with Crippen LogP contribution in [0.4, 0.5) is 0 Å². The van der Waals surface area contributed by atoms with Crippen molar-refractivity contribution in [1.82, 2.24) is 4.90 Å². The minimum absolute atomic E-state index is 0.0321. The lowest BCUT2D eigenvalue weighted by Gasteiger charge is -2.45. The molecule has 0 aliphatic carbocycles. The molecule has 2 atom stereocenters. The average Bonchev–Trinajstić information content (AvgIpc) is 2.60. The summed E-state index contributed by atoms with van der Waals surface area (Å²) in [6.45, 7) is 4.52. The quantitative estimate of drug-likeness (QED) is 0.724. The van der Waals surface area contributed by atoms with E-state index in [2.05, 4.69) is 0 Å². The Labute approximate surface area is 110 Å². The number of aliphatic carboxylic acids is 1. The Morgan fingerprint density at radius 2 is 2.28 bits per heavy atom. The van der Waals surface area contributed by atoms with Crippen LogP contribution >= 0.6 is 11.8 Å². The number of carboxylic acids is 1. The molecule has 6 heteroatoms. The van der Waals surface area contributed by atoms with Gasteiger partial charge in [0.05, 0.1) is 12.0 Å². The molecule has 1 fully saturated rings. The Kier molecular flexibility index (Phi) is 3.68. The number of hydrogen-bond acceptors (Lipinski definition) is 4. The summed E-state index contributed by atoms with van der Waals surface area (Å²) < 4.78 is 0. The normalized spacial score (nSPS) is 26.7. The van der Waals surface area contributed by atoms with E-state index < -0.39 is 5.97 Å². The number of carboxylic acid groups (broad SMARTS) is 1. The number of hydrogen-bond donors (Lipinski definition) is 2. The van der Waals surface area contributed by atoms with E-state index >= 15 is 0 Å². The zero-order valence-corrected chi connectivity index (χ0v) is 11.4. The molecule has 1 amide bonds. The zero-order chi connectivity index (χ0) is 13.4. The van der Waals surface area contributed by atoms with E-state index in [9.17, 15) is 14.7 Å². The summed E-state index contributed by atoms with van der Waals surface area (Å²) in [5, 5.41) is 9.25. The van der Waals surface area contributed by atoms with Gasteiger partial charge in [-0.25, -0.2) is 4.79 Å². The van der Waals surface area contributed by atoms with Crippen LogP contribution in [-0.4, -0.2) is 40.2 Å². The first-order valence-electron chi connectivity index (χ1n) is 6.11. The fraction of sp³-hybridized carbons (Fsp3) is 0.667. The number of β-lactam (4-membered cyclic amide) rings is 1. The molecule has 0 spiro atoms. The van der Waals surface area contributed by atoms with Crippen molar-refractivity contribution >= 4 is 23.6 Å². The van der Waals surface area contributed by atoms with Gasteiger partial charge >= 0.3 is 5.97 Å². The van der Waals surface area contributed by atoms with Crippen LogP contribution in [0.15, 0.2) is 10.6 Å². The third-order valence-corrected chi connectivity index (χ3v) is 4.63. The zero-order valence-electron chi connectivity index (χ0n) is 10.5. The van der Waals surface area contributed by atoms with Crippen LogP contribution in [0.3, 0.4) is 0 Å². The first-order valence-corrected chi connectivity index (χ1v) is 7.10. The standard InChI is InChI=1S/C12H18N2O3S/c1-6(2)9-7-5-8(18-4-3-13)10(12(16)17)14(7)11(9)15/h6-7,9H,3-5,13H2,1-2H3,(H,16,17)/t7-,9-/m1/s1. The fourth-order valence-corrected chi connectivity index (χ4v) is 3.72. The van der Waals surface area contributed by atoms with E-state index in [-0.39, 0.29) is 29.5 Å². The molecule has 0 radical (unpaired) electrons. The van der Waals surface area contributed by atoms with Crippen LogP contribution in [0.25, 0.3) is 0 Å².